The zero-order valence-electron chi connectivity index (χ0n) is 13.8. The molecule has 0 radical (unpaired) electrons. The molecule has 128 valence electrons. The zero-order chi connectivity index (χ0) is 16.9. The number of hydrogen-bond acceptors (Lipinski definition) is 4. The molecule has 2 aliphatic rings. The summed E-state index contributed by atoms with van der Waals surface area (Å²) in [5, 5.41) is 10.6. The maximum Gasteiger partial charge on any atom is 0.269 e. The topological polar surface area (TPSA) is 66.7 Å². The van der Waals surface area contributed by atoms with E-state index in [4.69, 9.17) is 0 Å². The number of non-ortho nitro benzene ring substituents is 1. The van der Waals surface area contributed by atoms with Crippen LogP contribution in [0.2, 0.25) is 0 Å². The summed E-state index contributed by atoms with van der Waals surface area (Å²) >= 11 is 0. The molecule has 2 aliphatic heterocycles. The Kier molecular flexibility index (Phi) is 5.25. The van der Waals surface area contributed by atoms with Crippen LogP contribution in [0, 0.1) is 10.1 Å². The molecule has 3 rings (SSSR count). The summed E-state index contributed by atoms with van der Waals surface area (Å²) in [6.45, 7) is 3.94. The van der Waals surface area contributed by atoms with Gasteiger partial charge in [-0.1, -0.05) is 0 Å². The van der Waals surface area contributed by atoms with Gasteiger partial charge >= 0.3 is 0 Å². The molecule has 1 amide bonds. The second-order valence-electron chi connectivity index (χ2n) is 6.51. The second kappa shape index (κ2) is 7.57. The van der Waals surface area contributed by atoms with Gasteiger partial charge in [0.15, 0.2) is 0 Å². The van der Waals surface area contributed by atoms with Gasteiger partial charge in [0.25, 0.3) is 5.69 Å². The molecule has 0 N–H and O–H groups in total. The minimum atomic E-state index is -0.426. The smallest absolute Gasteiger partial charge is 0.269 e. The normalized spacial score (nSPS) is 22.2. The quantitative estimate of drug-likeness (QED) is 0.484. The number of likely N-dealkylation sites (tertiary alicyclic amines) is 2. The standard InChI is InChI=1S/C18H23N3O3/c22-18(10-7-15-5-8-16(9-6-15)21(23)24)20-13-3-4-17(14-20)19-11-1-2-12-19/h5-10,17H,1-4,11-14H2/b10-7-/t17-/m1/s1. The first-order valence-electron chi connectivity index (χ1n) is 8.59. The van der Waals surface area contributed by atoms with E-state index in [1.54, 1.807) is 24.3 Å². The molecule has 0 unspecified atom stereocenters. The van der Waals surface area contributed by atoms with E-state index in [1.165, 1.54) is 31.4 Å². The zero-order valence-corrected chi connectivity index (χ0v) is 13.8. The first-order valence-corrected chi connectivity index (χ1v) is 8.59. The third-order valence-corrected chi connectivity index (χ3v) is 4.89. The van der Waals surface area contributed by atoms with Crippen molar-refractivity contribution in [2.45, 2.75) is 31.7 Å². The Morgan fingerprint density at radius 2 is 1.83 bits per heavy atom. The molecule has 2 fully saturated rings. The van der Waals surface area contributed by atoms with Gasteiger partial charge in [-0.05, 0) is 62.5 Å². The van der Waals surface area contributed by atoms with Crippen molar-refractivity contribution < 1.29 is 9.72 Å². The first-order chi connectivity index (χ1) is 11.6. The van der Waals surface area contributed by atoms with Gasteiger partial charge in [-0.3, -0.25) is 19.8 Å². The molecular weight excluding hydrogens is 306 g/mol. The molecule has 1 atom stereocenters. The molecule has 0 spiro atoms. The minimum Gasteiger partial charge on any atom is -0.338 e. The molecule has 24 heavy (non-hydrogen) atoms. The van der Waals surface area contributed by atoms with Crippen LogP contribution in [0.1, 0.15) is 31.2 Å². The number of carbonyl (C=O) groups excluding carboxylic acids is 1. The predicted molar refractivity (Wildman–Crippen MR) is 92.5 cm³/mol. The molecule has 6 heteroatoms. The van der Waals surface area contributed by atoms with Crippen molar-refractivity contribution in [3.8, 4) is 0 Å². The number of piperidine rings is 1. The number of carbonyl (C=O) groups is 1. The van der Waals surface area contributed by atoms with Crippen molar-refractivity contribution in [3.63, 3.8) is 0 Å². The summed E-state index contributed by atoms with van der Waals surface area (Å²) in [5.41, 5.74) is 0.852. The van der Waals surface area contributed by atoms with Crippen molar-refractivity contribution in [2.24, 2.45) is 0 Å². The highest BCUT2D eigenvalue weighted by molar-refractivity contribution is 5.91. The summed E-state index contributed by atoms with van der Waals surface area (Å²) in [5.74, 6) is 0.0252. The molecule has 0 saturated carbocycles. The van der Waals surface area contributed by atoms with Gasteiger partial charge in [-0.2, -0.15) is 0 Å². The minimum absolute atomic E-state index is 0.0252. The van der Waals surface area contributed by atoms with E-state index < -0.39 is 4.92 Å². The number of amides is 1. The van der Waals surface area contributed by atoms with Crippen LogP contribution in [-0.4, -0.2) is 52.9 Å². The Labute approximate surface area is 141 Å². The lowest BCUT2D eigenvalue weighted by Gasteiger charge is -2.37. The van der Waals surface area contributed by atoms with E-state index in [2.05, 4.69) is 4.90 Å². The fourth-order valence-electron chi connectivity index (χ4n) is 3.54. The summed E-state index contributed by atoms with van der Waals surface area (Å²) in [6, 6.07) is 6.72. The van der Waals surface area contributed by atoms with E-state index in [1.807, 2.05) is 4.90 Å². The van der Waals surface area contributed by atoms with E-state index in [0.717, 1.165) is 38.2 Å². The number of nitrogens with zero attached hydrogens (tertiary/aromatic N) is 3. The van der Waals surface area contributed by atoms with Crippen LogP contribution in [0.15, 0.2) is 30.3 Å². The van der Waals surface area contributed by atoms with Crippen LogP contribution < -0.4 is 0 Å². The SMILES string of the molecule is O=C(/C=C\c1ccc([N+](=O)[O-])cc1)N1CCC[C@@H](N2CCCC2)C1. The van der Waals surface area contributed by atoms with Crippen molar-refractivity contribution in [1.29, 1.82) is 0 Å². The van der Waals surface area contributed by atoms with Gasteiger partial charge in [0.1, 0.15) is 0 Å². The van der Waals surface area contributed by atoms with E-state index in [0.29, 0.717) is 6.04 Å². The largest absolute Gasteiger partial charge is 0.338 e. The molecule has 6 nitrogen and oxygen atoms in total. The lowest BCUT2D eigenvalue weighted by atomic mass is 10.0. The Balaban J connectivity index is 1.58. The Morgan fingerprint density at radius 1 is 1.12 bits per heavy atom. The summed E-state index contributed by atoms with van der Waals surface area (Å²) < 4.78 is 0. The Bertz CT molecular complexity index is 621. The maximum atomic E-state index is 12.4. The molecular formula is C18H23N3O3. The van der Waals surface area contributed by atoms with Crippen molar-refractivity contribution in [3.05, 3.63) is 46.0 Å². The number of hydrogen-bond donors (Lipinski definition) is 0. The number of nitro benzene ring substituents is 1. The van der Waals surface area contributed by atoms with Crippen LogP contribution in [0.5, 0.6) is 0 Å². The summed E-state index contributed by atoms with van der Waals surface area (Å²) in [4.78, 5) is 27.1. The molecule has 2 heterocycles. The first kappa shape index (κ1) is 16.6. The number of nitro groups is 1. The van der Waals surface area contributed by atoms with Crippen LogP contribution >= 0.6 is 0 Å². The maximum absolute atomic E-state index is 12.4. The molecule has 0 aromatic heterocycles. The van der Waals surface area contributed by atoms with Crippen LogP contribution in [0.3, 0.4) is 0 Å². The lowest BCUT2D eigenvalue weighted by Crippen LogP contribution is -2.48. The van der Waals surface area contributed by atoms with Gasteiger partial charge in [-0.15, -0.1) is 0 Å². The number of benzene rings is 1. The van der Waals surface area contributed by atoms with E-state index >= 15 is 0 Å². The van der Waals surface area contributed by atoms with E-state index in [-0.39, 0.29) is 11.6 Å². The van der Waals surface area contributed by atoms with E-state index in [9.17, 15) is 14.9 Å². The van der Waals surface area contributed by atoms with Crippen molar-refractivity contribution >= 4 is 17.7 Å². The second-order valence-corrected chi connectivity index (χ2v) is 6.51. The highest BCUT2D eigenvalue weighted by Gasteiger charge is 2.28. The summed E-state index contributed by atoms with van der Waals surface area (Å²) in [7, 11) is 0. The Hall–Kier alpha value is -2.21. The fourth-order valence-corrected chi connectivity index (χ4v) is 3.54. The van der Waals surface area contributed by atoms with Crippen LogP contribution in [0.4, 0.5) is 5.69 Å². The third-order valence-electron chi connectivity index (χ3n) is 4.89. The average molecular weight is 329 g/mol. The van der Waals surface area contributed by atoms with Crippen molar-refractivity contribution in [2.75, 3.05) is 26.2 Å². The van der Waals surface area contributed by atoms with Gasteiger partial charge < -0.3 is 4.90 Å². The number of rotatable bonds is 4. The van der Waals surface area contributed by atoms with Crippen LogP contribution in [0.25, 0.3) is 6.08 Å². The molecule has 1 aromatic rings. The van der Waals surface area contributed by atoms with Crippen LogP contribution in [-0.2, 0) is 4.79 Å². The summed E-state index contributed by atoms with van der Waals surface area (Å²) in [6.07, 6.45) is 8.07. The highest BCUT2D eigenvalue weighted by atomic mass is 16.6. The fraction of sp³-hybridized carbons (Fsp3) is 0.500. The Morgan fingerprint density at radius 3 is 2.50 bits per heavy atom. The predicted octanol–water partition coefficient (Wildman–Crippen LogP) is 2.69. The monoisotopic (exact) mass is 329 g/mol. The van der Waals surface area contributed by atoms with Gasteiger partial charge in [-0.25, -0.2) is 0 Å². The van der Waals surface area contributed by atoms with Crippen molar-refractivity contribution in [1.82, 2.24) is 9.80 Å². The molecule has 0 bridgehead atoms. The molecule has 2 saturated heterocycles. The van der Waals surface area contributed by atoms with Gasteiger partial charge in [0, 0.05) is 37.3 Å². The lowest BCUT2D eigenvalue weighted by molar-refractivity contribution is -0.384. The molecule has 1 aromatic carbocycles. The highest BCUT2D eigenvalue weighted by Crippen LogP contribution is 2.21. The molecule has 0 aliphatic carbocycles. The average Bonchev–Trinajstić information content (AvgIpc) is 3.15. The van der Waals surface area contributed by atoms with Gasteiger partial charge in [0.05, 0.1) is 4.92 Å². The van der Waals surface area contributed by atoms with Gasteiger partial charge in [0.2, 0.25) is 5.91 Å². The third kappa shape index (κ3) is 4.00.